The highest BCUT2D eigenvalue weighted by Gasteiger charge is 2.18. The number of benzene rings is 1. The molecule has 1 aliphatic rings. The van der Waals surface area contributed by atoms with E-state index in [2.05, 4.69) is 10.6 Å². The molecule has 1 aromatic rings. The molecule has 5 nitrogen and oxygen atoms in total. The molecule has 1 unspecified atom stereocenters. The molecule has 0 aliphatic heterocycles. The second-order valence-electron chi connectivity index (χ2n) is 5.34. The Balaban J connectivity index is 1.85. The summed E-state index contributed by atoms with van der Waals surface area (Å²) in [6, 6.07) is 7.89. The average Bonchev–Trinajstić information content (AvgIpc) is 3.01. The van der Waals surface area contributed by atoms with Crippen LogP contribution in [0.25, 0.3) is 0 Å². The summed E-state index contributed by atoms with van der Waals surface area (Å²) in [5.74, 6) is 0.782. The molecule has 2 rings (SSSR count). The largest absolute Gasteiger partial charge is 0.497 e. The van der Waals surface area contributed by atoms with Crippen molar-refractivity contribution in [2.75, 3.05) is 20.8 Å². The molecule has 0 heterocycles. The van der Waals surface area contributed by atoms with Gasteiger partial charge in [-0.3, -0.25) is 0 Å². The molecule has 5 heteroatoms. The van der Waals surface area contributed by atoms with Crippen LogP contribution in [0.3, 0.4) is 0 Å². The first kappa shape index (κ1) is 15.6. The van der Waals surface area contributed by atoms with Crippen molar-refractivity contribution in [3.63, 3.8) is 0 Å². The van der Waals surface area contributed by atoms with Crippen LogP contribution in [0.5, 0.6) is 5.75 Å². The van der Waals surface area contributed by atoms with Crippen LogP contribution in [-0.4, -0.2) is 32.8 Å². The normalized spacial score (nSPS) is 16.5. The Labute approximate surface area is 126 Å². The molecule has 116 valence electrons. The van der Waals surface area contributed by atoms with Crippen molar-refractivity contribution in [3.05, 3.63) is 29.8 Å². The highest BCUT2D eigenvalue weighted by Crippen LogP contribution is 2.21. The highest BCUT2D eigenvalue weighted by molar-refractivity contribution is 5.74. The van der Waals surface area contributed by atoms with Gasteiger partial charge in [-0.25, -0.2) is 4.79 Å². The molecule has 2 amide bonds. The van der Waals surface area contributed by atoms with Gasteiger partial charge in [-0.2, -0.15) is 0 Å². The Hall–Kier alpha value is -1.75. The van der Waals surface area contributed by atoms with Gasteiger partial charge in [-0.1, -0.05) is 25.0 Å². The lowest BCUT2D eigenvalue weighted by Crippen LogP contribution is -2.42. The molecule has 0 aromatic heterocycles. The van der Waals surface area contributed by atoms with Crippen LogP contribution in [0.4, 0.5) is 4.79 Å². The second kappa shape index (κ2) is 7.88. The fraction of sp³-hybridized carbons (Fsp3) is 0.562. The number of hydrogen-bond donors (Lipinski definition) is 2. The zero-order chi connectivity index (χ0) is 15.1. The zero-order valence-corrected chi connectivity index (χ0v) is 12.7. The third kappa shape index (κ3) is 4.63. The lowest BCUT2D eigenvalue weighted by molar-refractivity contribution is 0.103. The zero-order valence-electron chi connectivity index (χ0n) is 12.7. The number of urea groups is 1. The van der Waals surface area contributed by atoms with Crippen molar-refractivity contribution in [1.29, 1.82) is 0 Å². The van der Waals surface area contributed by atoms with Crippen LogP contribution in [0.2, 0.25) is 0 Å². The number of carbonyl (C=O) groups is 1. The van der Waals surface area contributed by atoms with Crippen molar-refractivity contribution in [1.82, 2.24) is 10.6 Å². The lowest BCUT2D eigenvalue weighted by atomic mass is 10.1. The molecule has 2 N–H and O–H groups in total. The topological polar surface area (TPSA) is 59.6 Å². The number of rotatable bonds is 6. The first-order valence-electron chi connectivity index (χ1n) is 7.44. The molecule has 1 aromatic carbocycles. The van der Waals surface area contributed by atoms with E-state index in [-0.39, 0.29) is 12.1 Å². The van der Waals surface area contributed by atoms with E-state index in [1.54, 1.807) is 14.2 Å². The van der Waals surface area contributed by atoms with E-state index in [1.165, 1.54) is 12.8 Å². The van der Waals surface area contributed by atoms with Gasteiger partial charge in [0.2, 0.25) is 0 Å². The summed E-state index contributed by atoms with van der Waals surface area (Å²) in [5.41, 5.74) is 0.984. The molecule has 0 radical (unpaired) electrons. The third-order valence-corrected chi connectivity index (χ3v) is 3.89. The molecule has 0 saturated heterocycles. The van der Waals surface area contributed by atoms with E-state index in [0.29, 0.717) is 12.6 Å². The number of methoxy groups -OCH3 is 2. The maximum Gasteiger partial charge on any atom is 0.315 e. The smallest absolute Gasteiger partial charge is 0.315 e. The number of amides is 2. The number of ether oxygens (including phenoxy) is 2. The van der Waals surface area contributed by atoms with E-state index in [0.717, 1.165) is 24.2 Å². The summed E-state index contributed by atoms with van der Waals surface area (Å²) in [6.45, 7) is 0.433. The van der Waals surface area contributed by atoms with Gasteiger partial charge in [-0.15, -0.1) is 0 Å². The van der Waals surface area contributed by atoms with Crippen molar-refractivity contribution in [2.45, 2.75) is 37.8 Å². The number of nitrogens with one attached hydrogen (secondary N) is 2. The summed E-state index contributed by atoms with van der Waals surface area (Å²) in [6.07, 6.45) is 4.38. The minimum Gasteiger partial charge on any atom is -0.497 e. The van der Waals surface area contributed by atoms with E-state index < -0.39 is 0 Å². The van der Waals surface area contributed by atoms with Crippen LogP contribution >= 0.6 is 0 Å². The molecular weight excluding hydrogens is 268 g/mol. The maximum atomic E-state index is 11.9. The monoisotopic (exact) mass is 292 g/mol. The SMILES string of the molecule is COc1cccc(C(CNC(=O)NC2CCCC2)OC)c1. The van der Waals surface area contributed by atoms with Crippen molar-refractivity contribution in [2.24, 2.45) is 0 Å². The Kier molecular flexibility index (Phi) is 5.87. The molecule has 21 heavy (non-hydrogen) atoms. The molecule has 0 bridgehead atoms. The fourth-order valence-corrected chi connectivity index (χ4v) is 2.67. The summed E-state index contributed by atoms with van der Waals surface area (Å²) < 4.78 is 10.7. The lowest BCUT2D eigenvalue weighted by Gasteiger charge is -2.19. The fourth-order valence-electron chi connectivity index (χ4n) is 2.67. The van der Waals surface area contributed by atoms with Crippen LogP contribution < -0.4 is 15.4 Å². The van der Waals surface area contributed by atoms with E-state index >= 15 is 0 Å². The average molecular weight is 292 g/mol. The molecular formula is C16H24N2O3. The third-order valence-electron chi connectivity index (χ3n) is 3.89. The highest BCUT2D eigenvalue weighted by atomic mass is 16.5. The summed E-state index contributed by atoms with van der Waals surface area (Å²) in [7, 11) is 3.27. The van der Waals surface area contributed by atoms with Crippen molar-refractivity contribution < 1.29 is 14.3 Å². The second-order valence-corrected chi connectivity index (χ2v) is 5.34. The predicted octanol–water partition coefficient (Wildman–Crippen LogP) is 2.62. The quantitative estimate of drug-likeness (QED) is 0.847. The van der Waals surface area contributed by atoms with Crippen molar-refractivity contribution in [3.8, 4) is 5.75 Å². The Bertz CT molecular complexity index is 459. The Morgan fingerprint density at radius 2 is 2.10 bits per heavy atom. The van der Waals surface area contributed by atoms with Gasteiger partial charge in [0.05, 0.1) is 13.2 Å². The van der Waals surface area contributed by atoms with Gasteiger partial charge in [0.15, 0.2) is 0 Å². The number of hydrogen-bond acceptors (Lipinski definition) is 3. The van der Waals surface area contributed by atoms with Gasteiger partial charge in [0, 0.05) is 19.7 Å². The van der Waals surface area contributed by atoms with E-state index in [1.807, 2.05) is 24.3 Å². The Morgan fingerprint density at radius 1 is 1.33 bits per heavy atom. The first-order chi connectivity index (χ1) is 10.2. The predicted molar refractivity (Wildman–Crippen MR) is 81.5 cm³/mol. The van der Waals surface area contributed by atoms with Crippen LogP contribution in [-0.2, 0) is 4.74 Å². The van der Waals surface area contributed by atoms with E-state index in [9.17, 15) is 4.79 Å². The van der Waals surface area contributed by atoms with Crippen molar-refractivity contribution >= 4 is 6.03 Å². The number of carbonyl (C=O) groups excluding carboxylic acids is 1. The summed E-state index contributed by atoms with van der Waals surface area (Å²) in [4.78, 5) is 11.9. The van der Waals surface area contributed by atoms with Crippen LogP contribution in [0.1, 0.15) is 37.4 Å². The summed E-state index contributed by atoms with van der Waals surface area (Å²) in [5, 5.41) is 5.88. The van der Waals surface area contributed by atoms with Gasteiger partial charge in [-0.05, 0) is 30.5 Å². The molecule has 1 saturated carbocycles. The van der Waals surface area contributed by atoms with Crippen LogP contribution in [0.15, 0.2) is 24.3 Å². The standard InChI is InChI=1S/C16H24N2O3/c1-20-14-9-5-6-12(10-14)15(21-2)11-17-16(19)18-13-7-3-4-8-13/h5-6,9-10,13,15H,3-4,7-8,11H2,1-2H3,(H2,17,18,19). The maximum absolute atomic E-state index is 11.9. The molecule has 1 atom stereocenters. The minimum atomic E-state index is -0.186. The minimum absolute atomic E-state index is 0.119. The molecule has 0 spiro atoms. The Morgan fingerprint density at radius 3 is 2.76 bits per heavy atom. The molecule has 1 fully saturated rings. The van der Waals surface area contributed by atoms with Crippen LogP contribution in [0, 0.1) is 0 Å². The molecule has 1 aliphatic carbocycles. The summed E-state index contributed by atoms with van der Waals surface area (Å²) >= 11 is 0. The van der Waals surface area contributed by atoms with Gasteiger partial charge < -0.3 is 20.1 Å². The van der Waals surface area contributed by atoms with Gasteiger partial charge in [0.25, 0.3) is 0 Å². The van der Waals surface area contributed by atoms with Gasteiger partial charge >= 0.3 is 6.03 Å². The van der Waals surface area contributed by atoms with Gasteiger partial charge in [0.1, 0.15) is 5.75 Å². The van der Waals surface area contributed by atoms with E-state index in [4.69, 9.17) is 9.47 Å². The first-order valence-corrected chi connectivity index (χ1v) is 7.44.